The molecular formula is C31H45ClN2O4. The topological polar surface area (TPSA) is 78.9 Å². The molecule has 0 spiro atoms. The number of carboxylic acids is 1. The Balaban J connectivity index is 1.66. The second-order valence-corrected chi connectivity index (χ2v) is 13.4. The lowest BCUT2D eigenvalue weighted by atomic mass is 9.67. The molecular weight excluding hydrogens is 500 g/mol. The fraction of sp³-hybridized carbons (Fsp3) is 0.677. The maximum absolute atomic E-state index is 13.7. The molecule has 0 bridgehead atoms. The Morgan fingerprint density at radius 2 is 1.89 bits per heavy atom. The van der Waals surface area contributed by atoms with Crippen LogP contribution in [0, 0.1) is 23.2 Å². The van der Waals surface area contributed by atoms with Crippen molar-refractivity contribution in [2.75, 3.05) is 13.7 Å². The summed E-state index contributed by atoms with van der Waals surface area (Å²) in [6.45, 7) is 13.1. The first-order valence-electron chi connectivity index (χ1n) is 14.1. The number of carbonyl (C=O) groups is 2. The first-order chi connectivity index (χ1) is 17.8. The highest BCUT2D eigenvalue weighted by molar-refractivity contribution is 6.31. The van der Waals surface area contributed by atoms with E-state index < -0.39 is 22.5 Å². The van der Waals surface area contributed by atoms with Gasteiger partial charge in [0, 0.05) is 23.9 Å². The van der Waals surface area contributed by atoms with Crippen LogP contribution in [-0.4, -0.2) is 41.3 Å². The van der Waals surface area contributed by atoms with Crippen LogP contribution < -0.4 is 5.32 Å². The number of methoxy groups -OCH3 is 1. The van der Waals surface area contributed by atoms with Gasteiger partial charge in [0.2, 0.25) is 0 Å². The molecule has 3 atom stereocenters. The fourth-order valence-corrected chi connectivity index (χ4v) is 7.32. The van der Waals surface area contributed by atoms with Crippen molar-refractivity contribution in [2.45, 2.75) is 97.1 Å². The third-order valence-electron chi connectivity index (χ3n) is 10.1. The van der Waals surface area contributed by atoms with Crippen molar-refractivity contribution in [3.8, 4) is 0 Å². The lowest BCUT2D eigenvalue weighted by Crippen LogP contribution is -2.59. The van der Waals surface area contributed by atoms with Gasteiger partial charge in [-0.2, -0.15) is 0 Å². The average Bonchev–Trinajstić information content (AvgIpc) is 3.18. The van der Waals surface area contributed by atoms with Gasteiger partial charge in [-0.1, -0.05) is 51.4 Å². The number of nitrogens with one attached hydrogen (secondary N) is 1. The number of aliphatic carboxylic acids is 1. The molecule has 4 rings (SSSR count). The molecule has 2 amide bonds. The normalized spacial score (nSPS) is 33.4. The predicted octanol–water partition coefficient (Wildman–Crippen LogP) is 7.32. The lowest BCUT2D eigenvalue weighted by molar-refractivity contribution is -0.152. The highest BCUT2D eigenvalue weighted by atomic mass is 35.5. The summed E-state index contributed by atoms with van der Waals surface area (Å²) in [4.78, 5) is 27.8. The number of benzene rings is 1. The molecule has 7 heteroatoms. The number of hydrogen-bond acceptors (Lipinski definition) is 3. The van der Waals surface area contributed by atoms with E-state index in [0.717, 1.165) is 22.1 Å². The summed E-state index contributed by atoms with van der Waals surface area (Å²) in [7, 11) is 1.67. The highest BCUT2D eigenvalue weighted by Gasteiger charge is 2.56. The third kappa shape index (κ3) is 4.88. The van der Waals surface area contributed by atoms with Gasteiger partial charge in [0.25, 0.3) is 0 Å². The second-order valence-electron chi connectivity index (χ2n) is 13.0. The Hall–Kier alpha value is -2.05. The highest BCUT2D eigenvalue weighted by Crippen LogP contribution is 2.53. The van der Waals surface area contributed by atoms with Crippen LogP contribution in [0.25, 0.3) is 0 Å². The number of ether oxygens (including phenoxy) is 1. The summed E-state index contributed by atoms with van der Waals surface area (Å²) in [5, 5.41) is 14.2. The maximum atomic E-state index is 13.7. The van der Waals surface area contributed by atoms with Crippen molar-refractivity contribution in [1.82, 2.24) is 10.2 Å². The van der Waals surface area contributed by atoms with E-state index >= 15 is 0 Å². The Bertz CT molecular complexity index is 1110. The number of hydrogen-bond donors (Lipinski definition) is 2. The van der Waals surface area contributed by atoms with Crippen molar-refractivity contribution in [2.24, 2.45) is 23.2 Å². The monoisotopic (exact) mass is 544 g/mol. The Labute approximate surface area is 233 Å². The molecule has 0 aromatic heterocycles. The van der Waals surface area contributed by atoms with Crippen LogP contribution in [0.5, 0.6) is 0 Å². The van der Waals surface area contributed by atoms with Crippen LogP contribution in [0.15, 0.2) is 30.0 Å². The van der Waals surface area contributed by atoms with Crippen LogP contribution in [0.1, 0.15) is 97.1 Å². The first kappa shape index (κ1) is 28.9. The summed E-state index contributed by atoms with van der Waals surface area (Å²) in [6.07, 6.45) is 6.54. The standard InChI is InChI=1S/C31H45ClN2O4/c1-19(2)21-14-22(15-21)25-9-8-23(16-26(25)32)30(6)24(10-13-38-7)17-34(28(37)33-30)29(5)11-12-31(18-29,20(3)4)27(35)36/h8-9,16-17,19-22H,10-15,18H2,1-7H3,(H,33,37)(H,35,36)/t21?,22?,29?,30-,31?/m0/s1. The van der Waals surface area contributed by atoms with E-state index in [1.807, 2.05) is 40.0 Å². The summed E-state index contributed by atoms with van der Waals surface area (Å²) in [5.41, 5.74) is 0.982. The van der Waals surface area contributed by atoms with Gasteiger partial charge in [0.1, 0.15) is 0 Å². The van der Waals surface area contributed by atoms with Gasteiger partial charge in [-0.15, -0.1) is 0 Å². The minimum atomic E-state index is -0.838. The van der Waals surface area contributed by atoms with Gasteiger partial charge < -0.3 is 15.2 Å². The smallest absolute Gasteiger partial charge is 0.322 e. The number of amides is 2. The molecule has 210 valence electrons. The summed E-state index contributed by atoms with van der Waals surface area (Å²) < 4.78 is 5.43. The zero-order valence-electron chi connectivity index (χ0n) is 24.1. The van der Waals surface area contributed by atoms with Crippen molar-refractivity contribution in [1.29, 1.82) is 0 Å². The number of halogens is 1. The molecule has 0 saturated heterocycles. The third-order valence-corrected chi connectivity index (χ3v) is 10.5. The van der Waals surface area contributed by atoms with Gasteiger partial charge in [0.15, 0.2) is 0 Å². The summed E-state index contributed by atoms with van der Waals surface area (Å²) >= 11 is 6.86. The predicted molar refractivity (Wildman–Crippen MR) is 151 cm³/mol. The average molecular weight is 545 g/mol. The van der Waals surface area contributed by atoms with E-state index in [1.165, 1.54) is 18.4 Å². The van der Waals surface area contributed by atoms with Gasteiger partial charge in [-0.05, 0) is 98.8 Å². The maximum Gasteiger partial charge on any atom is 0.322 e. The molecule has 38 heavy (non-hydrogen) atoms. The molecule has 2 saturated carbocycles. The molecule has 2 N–H and O–H groups in total. The van der Waals surface area contributed by atoms with E-state index in [-0.39, 0.29) is 11.9 Å². The van der Waals surface area contributed by atoms with Crippen molar-refractivity contribution in [3.05, 3.63) is 46.1 Å². The lowest BCUT2D eigenvalue weighted by Gasteiger charge is -2.47. The van der Waals surface area contributed by atoms with Crippen LogP contribution >= 0.6 is 11.6 Å². The van der Waals surface area contributed by atoms with Crippen molar-refractivity contribution in [3.63, 3.8) is 0 Å². The second kappa shape index (κ2) is 10.5. The molecule has 1 aromatic rings. The molecule has 6 nitrogen and oxygen atoms in total. The minimum absolute atomic E-state index is 0.0241. The first-order valence-corrected chi connectivity index (χ1v) is 14.5. The zero-order valence-corrected chi connectivity index (χ0v) is 24.8. The van der Waals surface area contributed by atoms with E-state index in [4.69, 9.17) is 16.3 Å². The molecule has 3 aliphatic rings. The van der Waals surface area contributed by atoms with Crippen LogP contribution in [0.3, 0.4) is 0 Å². The summed E-state index contributed by atoms with van der Waals surface area (Å²) in [5.74, 6) is 1.15. The quantitative estimate of drug-likeness (QED) is 0.341. The van der Waals surface area contributed by atoms with Crippen LogP contribution in [0.2, 0.25) is 5.02 Å². The van der Waals surface area contributed by atoms with Gasteiger partial charge in [-0.3, -0.25) is 9.69 Å². The number of urea groups is 1. The number of rotatable bonds is 9. The SMILES string of the molecule is COCCC1=CN(C2(C)CCC(C(=O)O)(C(C)C)C2)C(=O)N[C@@]1(C)c1ccc(C2CC(C(C)C)C2)c(Cl)c1. The van der Waals surface area contributed by atoms with E-state index in [2.05, 4.69) is 31.3 Å². The fourth-order valence-electron chi connectivity index (χ4n) is 6.99. The van der Waals surface area contributed by atoms with Gasteiger partial charge in [-0.25, -0.2) is 4.79 Å². The van der Waals surface area contributed by atoms with E-state index in [0.29, 0.717) is 44.1 Å². The van der Waals surface area contributed by atoms with Crippen molar-refractivity contribution >= 4 is 23.6 Å². The summed E-state index contributed by atoms with van der Waals surface area (Å²) in [6, 6.07) is 6.05. The molecule has 2 aliphatic carbocycles. The molecule has 2 unspecified atom stereocenters. The molecule has 1 heterocycles. The van der Waals surface area contributed by atoms with E-state index in [9.17, 15) is 14.7 Å². The molecule has 1 aliphatic heterocycles. The molecule has 1 aromatic carbocycles. The van der Waals surface area contributed by atoms with Crippen LogP contribution in [-0.2, 0) is 15.1 Å². The zero-order chi connectivity index (χ0) is 28.0. The number of carbonyl (C=O) groups excluding carboxylic acids is 1. The van der Waals surface area contributed by atoms with Crippen molar-refractivity contribution < 1.29 is 19.4 Å². The van der Waals surface area contributed by atoms with Crippen LogP contribution in [0.4, 0.5) is 4.79 Å². The van der Waals surface area contributed by atoms with Gasteiger partial charge >= 0.3 is 12.0 Å². The molecule has 2 fully saturated rings. The van der Waals surface area contributed by atoms with Gasteiger partial charge in [0.05, 0.1) is 17.6 Å². The Morgan fingerprint density at radius 3 is 2.42 bits per heavy atom. The number of nitrogens with zero attached hydrogens (tertiary/aromatic N) is 1. The molecule has 0 radical (unpaired) electrons. The Morgan fingerprint density at radius 1 is 1.21 bits per heavy atom. The largest absolute Gasteiger partial charge is 0.481 e. The Kier molecular flexibility index (Phi) is 8.00. The van der Waals surface area contributed by atoms with E-state index in [1.54, 1.807) is 12.0 Å². The minimum Gasteiger partial charge on any atom is -0.481 e. The number of carboxylic acid groups (broad SMARTS) is 1.